The van der Waals surface area contributed by atoms with Crippen LogP contribution < -0.4 is 5.73 Å². The van der Waals surface area contributed by atoms with Crippen molar-refractivity contribution in [1.29, 1.82) is 15.8 Å². The number of halogens is 2. The summed E-state index contributed by atoms with van der Waals surface area (Å²) in [6, 6.07) is 10.7. The minimum atomic E-state index is -1.69. The molecular weight excluding hydrogens is 397 g/mol. The number of nitrogens with two attached hydrogens (primary N) is 1. The fraction of sp³-hybridized carbons (Fsp3) is 0.316. The molecule has 1 aromatic rings. The number of likely N-dealkylation sites (N-methyl/N-ethyl adjacent to an activating group) is 1. The molecule has 2 aliphatic rings. The van der Waals surface area contributed by atoms with Crippen molar-refractivity contribution in [2.75, 3.05) is 20.1 Å². The van der Waals surface area contributed by atoms with Gasteiger partial charge in [0.15, 0.2) is 5.41 Å². The molecule has 1 aliphatic carbocycles. The normalized spacial score (nSPS) is 24.7. The molecule has 130 valence electrons. The van der Waals surface area contributed by atoms with Crippen LogP contribution >= 0.6 is 15.9 Å². The van der Waals surface area contributed by atoms with Gasteiger partial charge in [-0.1, -0.05) is 12.1 Å². The van der Waals surface area contributed by atoms with E-state index in [-0.39, 0.29) is 21.7 Å². The third-order valence-electron chi connectivity index (χ3n) is 5.15. The summed E-state index contributed by atoms with van der Waals surface area (Å²) in [6.07, 6.45) is 1.92. The van der Waals surface area contributed by atoms with Crippen LogP contribution in [0.15, 0.2) is 45.6 Å². The molecule has 1 aromatic carbocycles. The summed E-state index contributed by atoms with van der Waals surface area (Å²) >= 11 is 3.17. The van der Waals surface area contributed by atoms with Crippen molar-refractivity contribution >= 4 is 15.9 Å². The zero-order valence-electron chi connectivity index (χ0n) is 14.0. The fourth-order valence-electron chi connectivity index (χ4n) is 3.91. The Morgan fingerprint density at radius 3 is 2.58 bits per heavy atom. The minimum absolute atomic E-state index is 0.0255. The molecule has 26 heavy (non-hydrogen) atoms. The Balaban J connectivity index is 2.34. The van der Waals surface area contributed by atoms with Crippen molar-refractivity contribution in [3.63, 3.8) is 0 Å². The maximum absolute atomic E-state index is 13.7. The summed E-state index contributed by atoms with van der Waals surface area (Å²) in [7, 11) is 1.93. The monoisotopic (exact) mass is 411 g/mol. The van der Waals surface area contributed by atoms with E-state index in [1.165, 1.54) is 6.07 Å². The SMILES string of the molecule is CN1CC=C2C(C#N)=C(N)C(C#N)(C#N)[C@H](c3ccc(F)c(Br)c3)[C@H]2C1. The number of hydrogen-bond donors (Lipinski definition) is 1. The lowest BCUT2D eigenvalue weighted by atomic mass is 9.58. The van der Waals surface area contributed by atoms with E-state index in [2.05, 4.69) is 39.0 Å². The highest BCUT2D eigenvalue weighted by Crippen LogP contribution is 2.54. The van der Waals surface area contributed by atoms with Gasteiger partial charge < -0.3 is 10.6 Å². The van der Waals surface area contributed by atoms with Crippen molar-refractivity contribution in [2.45, 2.75) is 5.92 Å². The summed E-state index contributed by atoms with van der Waals surface area (Å²) in [6.45, 7) is 1.21. The van der Waals surface area contributed by atoms with Crippen molar-refractivity contribution in [3.05, 3.63) is 57.0 Å². The number of fused-ring (bicyclic) bond motifs is 1. The summed E-state index contributed by atoms with van der Waals surface area (Å²) in [5.41, 5.74) is 6.08. The fourth-order valence-corrected chi connectivity index (χ4v) is 4.30. The topological polar surface area (TPSA) is 101 Å². The van der Waals surface area contributed by atoms with Gasteiger partial charge in [-0.15, -0.1) is 0 Å². The molecule has 2 N–H and O–H groups in total. The van der Waals surface area contributed by atoms with Gasteiger partial charge in [-0.3, -0.25) is 0 Å². The Morgan fingerprint density at radius 1 is 1.31 bits per heavy atom. The van der Waals surface area contributed by atoms with Gasteiger partial charge in [-0.25, -0.2) is 4.39 Å². The third kappa shape index (κ3) is 2.51. The van der Waals surface area contributed by atoms with Crippen LogP contribution in [0.2, 0.25) is 0 Å². The molecule has 1 aliphatic heterocycles. The predicted molar refractivity (Wildman–Crippen MR) is 96.4 cm³/mol. The number of nitrogens with zero attached hydrogens (tertiary/aromatic N) is 4. The highest BCUT2D eigenvalue weighted by Gasteiger charge is 2.54. The quantitative estimate of drug-likeness (QED) is 0.765. The van der Waals surface area contributed by atoms with E-state index in [0.717, 1.165) is 5.57 Å². The maximum Gasteiger partial charge on any atom is 0.191 e. The van der Waals surface area contributed by atoms with Crippen molar-refractivity contribution < 1.29 is 4.39 Å². The number of rotatable bonds is 1. The van der Waals surface area contributed by atoms with E-state index < -0.39 is 17.2 Å². The first-order chi connectivity index (χ1) is 12.4. The summed E-state index contributed by atoms with van der Waals surface area (Å²) in [4.78, 5) is 2.05. The van der Waals surface area contributed by atoms with Crippen molar-refractivity contribution in [3.8, 4) is 18.2 Å². The lowest BCUT2D eigenvalue weighted by Gasteiger charge is -2.45. The first-order valence-corrected chi connectivity index (χ1v) is 8.75. The highest BCUT2D eigenvalue weighted by atomic mass is 79.9. The molecule has 0 saturated carbocycles. The van der Waals surface area contributed by atoms with Gasteiger partial charge in [-0.05, 0) is 46.2 Å². The Hall–Kier alpha value is -2.66. The van der Waals surface area contributed by atoms with Crippen LogP contribution in [0.1, 0.15) is 11.5 Å². The number of benzene rings is 1. The molecule has 0 radical (unpaired) electrons. The molecule has 0 unspecified atom stereocenters. The summed E-state index contributed by atoms with van der Waals surface area (Å²) in [5, 5.41) is 29.5. The van der Waals surface area contributed by atoms with Crippen LogP contribution in [0, 0.1) is 51.1 Å². The average Bonchev–Trinajstić information content (AvgIpc) is 2.63. The van der Waals surface area contributed by atoms with Gasteiger partial charge in [0.25, 0.3) is 0 Å². The molecule has 0 spiro atoms. The molecule has 2 atom stereocenters. The highest BCUT2D eigenvalue weighted by molar-refractivity contribution is 9.10. The van der Waals surface area contributed by atoms with E-state index in [9.17, 15) is 20.2 Å². The van der Waals surface area contributed by atoms with Crippen LogP contribution in [0.4, 0.5) is 4.39 Å². The van der Waals surface area contributed by atoms with Gasteiger partial charge >= 0.3 is 0 Å². The smallest absolute Gasteiger partial charge is 0.191 e. The lowest BCUT2D eigenvalue weighted by Crippen LogP contribution is -2.47. The standard InChI is InChI=1S/C19H15BrFN5/c1-26-5-4-12-13(7-22)18(25)19(9-23,10-24)17(14(12)8-26)11-2-3-16(21)15(20)6-11/h2-4,6,14,17H,5,8,25H2,1H3/t14-,17+/m0/s1. The van der Waals surface area contributed by atoms with E-state index >= 15 is 0 Å². The molecule has 5 nitrogen and oxygen atoms in total. The van der Waals surface area contributed by atoms with Gasteiger partial charge in [0.1, 0.15) is 11.9 Å². The van der Waals surface area contributed by atoms with Gasteiger partial charge in [-0.2, -0.15) is 15.8 Å². The molecule has 0 bridgehead atoms. The van der Waals surface area contributed by atoms with Gasteiger partial charge in [0.05, 0.1) is 27.9 Å². The molecule has 0 fully saturated rings. The van der Waals surface area contributed by atoms with E-state index in [4.69, 9.17) is 5.73 Å². The van der Waals surface area contributed by atoms with E-state index in [0.29, 0.717) is 18.7 Å². The molecule has 1 heterocycles. The van der Waals surface area contributed by atoms with Crippen molar-refractivity contribution in [1.82, 2.24) is 4.90 Å². The Bertz CT molecular complexity index is 946. The maximum atomic E-state index is 13.7. The second kappa shape index (κ2) is 6.57. The van der Waals surface area contributed by atoms with Crippen molar-refractivity contribution in [2.24, 2.45) is 17.1 Å². The Morgan fingerprint density at radius 2 is 2.00 bits per heavy atom. The van der Waals surface area contributed by atoms with Gasteiger partial charge in [0, 0.05) is 24.9 Å². The summed E-state index contributed by atoms with van der Waals surface area (Å²) in [5.74, 6) is -1.31. The molecule has 0 aromatic heterocycles. The molecular formula is C19H15BrFN5. The number of hydrogen-bond acceptors (Lipinski definition) is 5. The van der Waals surface area contributed by atoms with E-state index in [1.54, 1.807) is 12.1 Å². The molecule has 3 rings (SSSR count). The Kier molecular flexibility index (Phi) is 4.59. The largest absolute Gasteiger partial charge is 0.399 e. The van der Waals surface area contributed by atoms with Crippen LogP contribution in [0.25, 0.3) is 0 Å². The van der Waals surface area contributed by atoms with E-state index in [1.807, 2.05) is 13.1 Å². The molecule has 7 heteroatoms. The van der Waals surface area contributed by atoms with Gasteiger partial charge in [0.2, 0.25) is 0 Å². The van der Waals surface area contributed by atoms with Crippen LogP contribution in [0.3, 0.4) is 0 Å². The molecule has 0 saturated heterocycles. The first-order valence-electron chi connectivity index (χ1n) is 7.96. The zero-order chi connectivity index (χ0) is 19.1. The lowest BCUT2D eigenvalue weighted by molar-refractivity contribution is 0.237. The summed E-state index contributed by atoms with van der Waals surface area (Å²) < 4.78 is 14.0. The second-order valence-corrected chi connectivity index (χ2v) is 7.42. The zero-order valence-corrected chi connectivity index (χ0v) is 15.6. The predicted octanol–water partition coefficient (Wildman–Crippen LogP) is 2.94. The van der Waals surface area contributed by atoms with Crippen LogP contribution in [-0.4, -0.2) is 25.0 Å². The average molecular weight is 412 g/mol. The number of nitriles is 3. The Labute approximate surface area is 159 Å². The number of allylic oxidation sites excluding steroid dienone is 2. The van der Waals surface area contributed by atoms with Crippen LogP contribution in [-0.2, 0) is 0 Å². The molecule has 0 amide bonds. The minimum Gasteiger partial charge on any atom is -0.399 e. The first kappa shape index (κ1) is 18.1. The van der Waals surface area contributed by atoms with Crippen LogP contribution in [0.5, 0.6) is 0 Å². The second-order valence-electron chi connectivity index (χ2n) is 6.57. The third-order valence-corrected chi connectivity index (χ3v) is 5.76.